The van der Waals surface area contributed by atoms with Gasteiger partial charge in [0.2, 0.25) is 0 Å². The number of hydrogen-bond donors (Lipinski definition) is 1. The average Bonchev–Trinajstić information content (AvgIpc) is 2.52. The molecule has 0 saturated heterocycles. The summed E-state index contributed by atoms with van der Waals surface area (Å²) >= 11 is 4.99. The summed E-state index contributed by atoms with van der Waals surface area (Å²) in [7, 11) is 1.60. The van der Waals surface area contributed by atoms with Crippen LogP contribution in [0.2, 0.25) is 0 Å². The summed E-state index contributed by atoms with van der Waals surface area (Å²) < 4.78 is 11.1. The largest absolute Gasteiger partial charge is 0.496 e. The molecule has 0 aliphatic rings. The molecule has 0 spiro atoms. The van der Waals surface area contributed by atoms with Crippen molar-refractivity contribution in [1.82, 2.24) is 0 Å². The van der Waals surface area contributed by atoms with Crippen molar-refractivity contribution in [2.45, 2.75) is 20.0 Å². The zero-order valence-electron chi connectivity index (χ0n) is 12.3. The average molecular weight is 301 g/mol. The van der Waals surface area contributed by atoms with Gasteiger partial charge >= 0.3 is 0 Å². The minimum atomic E-state index is 0.328. The smallest absolute Gasteiger partial charge is 0.129 e. The van der Waals surface area contributed by atoms with E-state index < -0.39 is 0 Å². The molecule has 110 valence electrons. The van der Waals surface area contributed by atoms with E-state index in [9.17, 15) is 0 Å². The van der Waals surface area contributed by atoms with Crippen LogP contribution in [0.1, 0.15) is 23.6 Å². The lowest BCUT2D eigenvalue weighted by Crippen LogP contribution is -2.11. The molecule has 0 aromatic heterocycles. The molecule has 2 aromatic carbocycles. The summed E-state index contributed by atoms with van der Waals surface area (Å²) in [5.74, 6) is 1.52. The second-order valence-electron chi connectivity index (χ2n) is 4.69. The standard InChI is InChI=1S/C17H19NO2S/c1-3-12-4-7-14(8-5-12)20-11-13-6-9-15(17(18)21)16(10-13)19-2/h4-10H,3,11H2,1-2H3,(H2,18,21). The first-order valence-electron chi connectivity index (χ1n) is 6.82. The summed E-state index contributed by atoms with van der Waals surface area (Å²) in [4.78, 5) is 0.328. The van der Waals surface area contributed by atoms with Crippen LogP contribution >= 0.6 is 12.2 Å². The van der Waals surface area contributed by atoms with Crippen molar-refractivity contribution in [3.63, 3.8) is 0 Å². The molecule has 3 nitrogen and oxygen atoms in total. The number of rotatable bonds is 6. The lowest BCUT2D eigenvalue weighted by atomic mass is 10.1. The third kappa shape index (κ3) is 3.95. The number of aryl methyl sites for hydroxylation is 1. The number of ether oxygens (including phenoxy) is 2. The molecule has 0 atom stereocenters. The highest BCUT2D eigenvalue weighted by atomic mass is 32.1. The van der Waals surface area contributed by atoms with Gasteiger partial charge in [0.25, 0.3) is 0 Å². The van der Waals surface area contributed by atoms with E-state index in [0.717, 1.165) is 23.3 Å². The summed E-state index contributed by atoms with van der Waals surface area (Å²) in [6.45, 7) is 2.60. The predicted molar refractivity (Wildman–Crippen MR) is 89.0 cm³/mol. The highest BCUT2D eigenvalue weighted by Gasteiger charge is 2.07. The Morgan fingerprint density at radius 2 is 1.76 bits per heavy atom. The summed E-state index contributed by atoms with van der Waals surface area (Å²) in [6, 6.07) is 13.8. The zero-order chi connectivity index (χ0) is 15.2. The van der Waals surface area contributed by atoms with Crippen LogP contribution in [0.5, 0.6) is 11.5 Å². The Bertz CT molecular complexity index is 623. The van der Waals surface area contributed by atoms with Crippen molar-refractivity contribution in [3.8, 4) is 11.5 Å². The molecule has 21 heavy (non-hydrogen) atoms. The van der Waals surface area contributed by atoms with E-state index >= 15 is 0 Å². The highest BCUT2D eigenvalue weighted by Crippen LogP contribution is 2.21. The van der Waals surface area contributed by atoms with Crippen LogP contribution in [0.3, 0.4) is 0 Å². The second-order valence-corrected chi connectivity index (χ2v) is 5.12. The molecule has 0 aliphatic carbocycles. The van der Waals surface area contributed by atoms with Gasteiger partial charge in [0, 0.05) is 0 Å². The monoisotopic (exact) mass is 301 g/mol. The van der Waals surface area contributed by atoms with E-state index in [2.05, 4.69) is 19.1 Å². The maximum atomic E-state index is 5.77. The SMILES string of the molecule is CCc1ccc(OCc2ccc(C(N)=S)c(OC)c2)cc1. The van der Waals surface area contributed by atoms with Gasteiger partial charge in [0.15, 0.2) is 0 Å². The first-order valence-corrected chi connectivity index (χ1v) is 7.23. The van der Waals surface area contributed by atoms with Crippen LogP contribution < -0.4 is 15.2 Å². The molecule has 0 radical (unpaired) electrons. The van der Waals surface area contributed by atoms with E-state index in [4.69, 9.17) is 27.4 Å². The molecule has 0 fully saturated rings. The topological polar surface area (TPSA) is 44.5 Å². The van der Waals surface area contributed by atoms with Crippen LogP contribution in [0, 0.1) is 0 Å². The lowest BCUT2D eigenvalue weighted by molar-refractivity contribution is 0.305. The Hall–Kier alpha value is -2.07. The second kappa shape index (κ2) is 7.09. The molecule has 4 heteroatoms. The van der Waals surface area contributed by atoms with Gasteiger partial charge in [-0.15, -0.1) is 0 Å². The van der Waals surface area contributed by atoms with Gasteiger partial charge in [-0.05, 0) is 41.8 Å². The fourth-order valence-corrected chi connectivity index (χ4v) is 2.19. The quantitative estimate of drug-likeness (QED) is 0.830. The molecular formula is C17H19NO2S. The van der Waals surface area contributed by atoms with Crippen LogP contribution in [-0.4, -0.2) is 12.1 Å². The number of thiocarbonyl (C=S) groups is 1. The van der Waals surface area contributed by atoms with Crippen LogP contribution in [0.4, 0.5) is 0 Å². The van der Waals surface area contributed by atoms with Crippen LogP contribution in [-0.2, 0) is 13.0 Å². The van der Waals surface area contributed by atoms with Crippen molar-refractivity contribution >= 4 is 17.2 Å². The molecule has 0 unspecified atom stereocenters. The Labute approximate surface area is 130 Å². The minimum Gasteiger partial charge on any atom is -0.496 e. The zero-order valence-corrected chi connectivity index (χ0v) is 13.1. The van der Waals surface area contributed by atoms with Gasteiger partial charge in [-0.2, -0.15) is 0 Å². The fraction of sp³-hybridized carbons (Fsp3) is 0.235. The fourth-order valence-electron chi connectivity index (χ4n) is 2.02. The van der Waals surface area contributed by atoms with Crippen molar-refractivity contribution in [2.24, 2.45) is 5.73 Å². The first kappa shape index (κ1) is 15.3. The molecule has 0 bridgehead atoms. The Morgan fingerprint density at radius 1 is 1.10 bits per heavy atom. The van der Waals surface area contributed by atoms with E-state index in [-0.39, 0.29) is 0 Å². The maximum absolute atomic E-state index is 5.77. The predicted octanol–water partition coefficient (Wildman–Crippen LogP) is 3.47. The summed E-state index contributed by atoms with van der Waals surface area (Å²) in [5, 5.41) is 0. The molecule has 2 aromatic rings. The van der Waals surface area contributed by atoms with Crippen molar-refractivity contribution in [1.29, 1.82) is 0 Å². The number of benzene rings is 2. The number of methoxy groups -OCH3 is 1. The van der Waals surface area contributed by atoms with Crippen molar-refractivity contribution < 1.29 is 9.47 Å². The summed E-state index contributed by atoms with van der Waals surface area (Å²) in [6.07, 6.45) is 1.03. The van der Waals surface area contributed by atoms with Gasteiger partial charge in [0.1, 0.15) is 23.1 Å². The molecule has 0 heterocycles. The van der Waals surface area contributed by atoms with Gasteiger partial charge in [-0.1, -0.05) is 37.3 Å². The normalized spacial score (nSPS) is 10.2. The maximum Gasteiger partial charge on any atom is 0.129 e. The van der Waals surface area contributed by atoms with Crippen molar-refractivity contribution in [2.75, 3.05) is 7.11 Å². The number of nitrogens with two attached hydrogens (primary N) is 1. The lowest BCUT2D eigenvalue weighted by Gasteiger charge is -2.11. The molecular weight excluding hydrogens is 282 g/mol. The Balaban J connectivity index is 2.07. The first-order chi connectivity index (χ1) is 10.1. The molecule has 0 saturated carbocycles. The Morgan fingerprint density at radius 3 is 2.33 bits per heavy atom. The third-order valence-corrected chi connectivity index (χ3v) is 3.49. The molecule has 0 amide bonds. The van der Waals surface area contributed by atoms with Crippen LogP contribution in [0.25, 0.3) is 0 Å². The van der Waals surface area contributed by atoms with Gasteiger partial charge in [-0.25, -0.2) is 0 Å². The van der Waals surface area contributed by atoms with Gasteiger partial charge in [-0.3, -0.25) is 0 Å². The third-order valence-electron chi connectivity index (χ3n) is 3.27. The van der Waals surface area contributed by atoms with E-state index in [1.165, 1.54) is 5.56 Å². The molecule has 0 aliphatic heterocycles. The molecule has 2 N–H and O–H groups in total. The number of hydrogen-bond acceptors (Lipinski definition) is 3. The van der Waals surface area contributed by atoms with Gasteiger partial charge < -0.3 is 15.2 Å². The van der Waals surface area contributed by atoms with E-state index in [1.807, 2.05) is 30.3 Å². The highest BCUT2D eigenvalue weighted by molar-refractivity contribution is 7.80. The summed E-state index contributed by atoms with van der Waals surface area (Å²) in [5.41, 5.74) is 8.69. The Kier molecular flexibility index (Phi) is 5.17. The van der Waals surface area contributed by atoms with Gasteiger partial charge in [0.05, 0.1) is 12.7 Å². The van der Waals surface area contributed by atoms with Crippen LogP contribution in [0.15, 0.2) is 42.5 Å². The minimum absolute atomic E-state index is 0.328. The van der Waals surface area contributed by atoms with Crippen molar-refractivity contribution in [3.05, 3.63) is 59.2 Å². The van der Waals surface area contributed by atoms with E-state index in [0.29, 0.717) is 17.3 Å². The molecule has 2 rings (SSSR count). The van der Waals surface area contributed by atoms with E-state index in [1.54, 1.807) is 7.11 Å².